The Balaban J connectivity index is 2.14. The molecule has 2 N–H and O–H groups in total. The second-order valence-electron chi connectivity index (χ2n) is 4.59. The van der Waals surface area contributed by atoms with E-state index in [1.807, 2.05) is 13.8 Å². The van der Waals surface area contributed by atoms with Gasteiger partial charge in [-0.15, -0.1) is 0 Å². The largest absolute Gasteiger partial charge is 0.370 e. The Kier molecular flexibility index (Phi) is 4.74. The summed E-state index contributed by atoms with van der Waals surface area (Å²) in [5, 5.41) is 10.1. The molecule has 0 unspecified atom stereocenters. The van der Waals surface area contributed by atoms with Gasteiger partial charge >= 0.3 is 0 Å². The molecule has 0 bridgehead atoms. The maximum absolute atomic E-state index is 12.4. The Morgan fingerprint density at radius 2 is 2.19 bits per heavy atom. The summed E-state index contributed by atoms with van der Waals surface area (Å²) < 4.78 is 0. The summed E-state index contributed by atoms with van der Waals surface area (Å²) in [4.78, 5) is 22.2. The summed E-state index contributed by atoms with van der Waals surface area (Å²) in [5.74, 6) is 1.69. The third-order valence-electron chi connectivity index (χ3n) is 2.77. The van der Waals surface area contributed by atoms with Crippen LogP contribution in [-0.4, -0.2) is 44.6 Å². The van der Waals surface area contributed by atoms with Gasteiger partial charge in [0.05, 0.1) is 6.54 Å². The zero-order valence-electron chi connectivity index (χ0n) is 12.1. The minimum absolute atomic E-state index is 0.166. The lowest BCUT2D eigenvalue weighted by Gasteiger charge is -2.16. The van der Waals surface area contributed by atoms with Gasteiger partial charge in [-0.25, -0.2) is 9.97 Å². The zero-order valence-corrected chi connectivity index (χ0v) is 12.9. The highest BCUT2D eigenvalue weighted by molar-refractivity contribution is 6.29. The van der Waals surface area contributed by atoms with Gasteiger partial charge in [0.2, 0.25) is 0 Å². The zero-order chi connectivity index (χ0) is 15.4. The number of aromatic nitrogens is 4. The number of nitrogens with one attached hydrogen (secondary N) is 2. The number of aryl methyl sites for hydroxylation is 1. The second-order valence-corrected chi connectivity index (χ2v) is 4.98. The van der Waals surface area contributed by atoms with Crippen molar-refractivity contribution in [2.24, 2.45) is 0 Å². The van der Waals surface area contributed by atoms with Crippen LogP contribution < -0.4 is 5.32 Å². The molecule has 7 nitrogen and oxygen atoms in total. The minimum Gasteiger partial charge on any atom is -0.370 e. The monoisotopic (exact) mass is 308 g/mol. The Labute approximate surface area is 127 Å². The molecule has 2 aromatic rings. The predicted octanol–water partition coefficient (Wildman–Crippen LogP) is 1.87. The van der Waals surface area contributed by atoms with E-state index in [4.69, 9.17) is 11.6 Å². The number of rotatable bonds is 5. The van der Waals surface area contributed by atoms with Crippen LogP contribution >= 0.6 is 11.6 Å². The molecule has 0 aliphatic heterocycles. The van der Waals surface area contributed by atoms with Gasteiger partial charge in [-0.1, -0.05) is 11.6 Å². The molecule has 8 heteroatoms. The first-order valence-corrected chi connectivity index (χ1v) is 6.92. The molecule has 1 amide bonds. The van der Waals surface area contributed by atoms with E-state index in [1.54, 1.807) is 19.2 Å². The van der Waals surface area contributed by atoms with Gasteiger partial charge in [-0.2, -0.15) is 5.10 Å². The number of anilines is 1. The first-order chi connectivity index (χ1) is 9.99. The van der Waals surface area contributed by atoms with Crippen LogP contribution in [-0.2, 0) is 6.54 Å². The first kappa shape index (κ1) is 15.2. The summed E-state index contributed by atoms with van der Waals surface area (Å²) in [5.41, 5.74) is 0.473. The maximum atomic E-state index is 12.4. The molecule has 0 saturated heterocycles. The Bertz CT molecular complexity index is 641. The number of H-pyrrole nitrogens is 1. The molecule has 2 rings (SSSR count). The summed E-state index contributed by atoms with van der Waals surface area (Å²) in [7, 11) is 1.69. The number of pyridine rings is 1. The molecule has 112 valence electrons. The van der Waals surface area contributed by atoms with Crippen molar-refractivity contribution in [3.05, 3.63) is 34.5 Å². The molecular formula is C13H17ClN6O. The lowest BCUT2D eigenvalue weighted by molar-refractivity contribution is 0.0781. The van der Waals surface area contributed by atoms with E-state index in [9.17, 15) is 4.79 Å². The van der Waals surface area contributed by atoms with Crippen molar-refractivity contribution in [3.8, 4) is 0 Å². The summed E-state index contributed by atoms with van der Waals surface area (Å²) >= 11 is 5.95. The quantitative estimate of drug-likeness (QED) is 0.823. The van der Waals surface area contributed by atoms with Crippen LogP contribution in [0.2, 0.25) is 5.15 Å². The van der Waals surface area contributed by atoms with Gasteiger partial charge in [-0.3, -0.25) is 9.89 Å². The van der Waals surface area contributed by atoms with Gasteiger partial charge in [0.15, 0.2) is 5.82 Å². The number of nitrogens with zero attached hydrogens (tertiary/aromatic N) is 4. The molecular weight excluding hydrogens is 292 g/mol. The van der Waals surface area contributed by atoms with E-state index >= 15 is 0 Å². The van der Waals surface area contributed by atoms with Crippen LogP contribution in [0.15, 0.2) is 12.1 Å². The number of hydrogen-bond donors (Lipinski definition) is 2. The van der Waals surface area contributed by atoms with Gasteiger partial charge in [0.25, 0.3) is 5.91 Å². The fourth-order valence-electron chi connectivity index (χ4n) is 1.86. The van der Waals surface area contributed by atoms with Crippen LogP contribution in [0.1, 0.15) is 28.9 Å². The number of amides is 1. The molecule has 0 fully saturated rings. The van der Waals surface area contributed by atoms with Crippen LogP contribution in [0.3, 0.4) is 0 Å². The summed E-state index contributed by atoms with van der Waals surface area (Å²) in [6.45, 7) is 4.78. The second kappa shape index (κ2) is 6.53. The fourth-order valence-corrected chi connectivity index (χ4v) is 2.06. The molecule has 0 aliphatic carbocycles. The van der Waals surface area contributed by atoms with E-state index in [0.717, 1.165) is 0 Å². The smallest absolute Gasteiger partial charge is 0.254 e. The fraction of sp³-hybridized carbons (Fsp3) is 0.385. The normalized spacial score (nSPS) is 10.5. The van der Waals surface area contributed by atoms with Crippen LogP contribution in [0.25, 0.3) is 0 Å². The molecule has 0 atom stereocenters. The van der Waals surface area contributed by atoms with E-state index in [2.05, 4.69) is 25.5 Å². The topological polar surface area (TPSA) is 86.8 Å². The van der Waals surface area contributed by atoms with Crippen molar-refractivity contribution < 1.29 is 4.79 Å². The number of halogens is 1. The van der Waals surface area contributed by atoms with Crippen LogP contribution in [0, 0.1) is 6.92 Å². The lowest BCUT2D eigenvalue weighted by Crippen LogP contribution is -2.27. The van der Waals surface area contributed by atoms with Crippen molar-refractivity contribution in [2.75, 3.05) is 18.9 Å². The van der Waals surface area contributed by atoms with Gasteiger partial charge in [-0.05, 0) is 26.0 Å². The average Bonchev–Trinajstić information content (AvgIpc) is 2.83. The molecule has 21 heavy (non-hydrogen) atoms. The lowest BCUT2D eigenvalue weighted by atomic mass is 10.2. The van der Waals surface area contributed by atoms with E-state index < -0.39 is 0 Å². The molecule has 0 radical (unpaired) electrons. The predicted molar refractivity (Wildman–Crippen MR) is 80.3 cm³/mol. The van der Waals surface area contributed by atoms with Gasteiger partial charge in [0.1, 0.15) is 16.8 Å². The van der Waals surface area contributed by atoms with Crippen LogP contribution in [0.5, 0.6) is 0 Å². The van der Waals surface area contributed by atoms with Crippen molar-refractivity contribution in [2.45, 2.75) is 20.4 Å². The van der Waals surface area contributed by atoms with Gasteiger partial charge < -0.3 is 10.2 Å². The molecule has 2 heterocycles. The van der Waals surface area contributed by atoms with Crippen molar-refractivity contribution in [1.82, 2.24) is 25.1 Å². The molecule has 0 aliphatic rings. The maximum Gasteiger partial charge on any atom is 0.254 e. The highest BCUT2D eigenvalue weighted by atomic mass is 35.5. The van der Waals surface area contributed by atoms with E-state index in [1.165, 1.54) is 4.90 Å². The standard InChI is InChI=1S/C13H17ClN6O/c1-4-15-11-6-9(5-10(14)17-11)13(21)20(3)7-12-16-8(2)18-19-12/h5-6H,4,7H2,1-3H3,(H,15,17)(H,16,18,19). The minimum atomic E-state index is -0.166. The van der Waals surface area contributed by atoms with Crippen molar-refractivity contribution >= 4 is 23.3 Å². The third kappa shape index (κ3) is 3.91. The van der Waals surface area contributed by atoms with Crippen molar-refractivity contribution in [1.29, 1.82) is 0 Å². The third-order valence-corrected chi connectivity index (χ3v) is 2.96. The van der Waals surface area contributed by atoms with Crippen molar-refractivity contribution in [3.63, 3.8) is 0 Å². The summed E-state index contributed by atoms with van der Waals surface area (Å²) in [6.07, 6.45) is 0. The first-order valence-electron chi connectivity index (χ1n) is 6.54. The number of carbonyl (C=O) groups excluding carboxylic acids is 1. The Morgan fingerprint density at radius 3 is 2.81 bits per heavy atom. The Hall–Kier alpha value is -2.15. The molecule has 0 spiro atoms. The average molecular weight is 309 g/mol. The Morgan fingerprint density at radius 1 is 1.43 bits per heavy atom. The molecule has 0 saturated carbocycles. The highest BCUT2D eigenvalue weighted by Gasteiger charge is 2.16. The molecule has 0 aromatic carbocycles. The summed E-state index contributed by atoms with van der Waals surface area (Å²) in [6, 6.07) is 3.22. The van der Waals surface area contributed by atoms with Gasteiger partial charge in [0, 0.05) is 19.2 Å². The SMILES string of the molecule is CCNc1cc(C(=O)N(C)Cc2n[nH]c(C)n2)cc(Cl)n1. The highest BCUT2D eigenvalue weighted by Crippen LogP contribution is 2.16. The number of aromatic amines is 1. The van der Waals surface area contributed by atoms with Crippen LogP contribution in [0.4, 0.5) is 5.82 Å². The van der Waals surface area contributed by atoms with E-state index in [0.29, 0.717) is 36.1 Å². The van der Waals surface area contributed by atoms with E-state index in [-0.39, 0.29) is 11.1 Å². The number of carbonyl (C=O) groups is 1. The number of hydrogen-bond acceptors (Lipinski definition) is 5. The molecule has 2 aromatic heterocycles.